The molecular weight excluding hydrogens is 352 g/mol. The number of methoxy groups -OCH3 is 1. The van der Waals surface area contributed by atoms with Crippen molar-refractivity contribution in [3.63, 3.8) is 0 Å². The van der Waals surface area contributed by atoms with Crippen molar-refractivity contribution in [2.75, 3.05) is 43.1 Å². The van der Waals surface area contributed by atoms with Crippen molar-refractivity contribution >= 4 is 23.3 Å². The lowest BCUT2D eigenvalue weighted by molar-refractivity contribution is 0.409. The van der Waals surface area contributed by atoms with Crippen LogP contribution in [0.5, 0.6) is 5.75 Å². The Labute approximate surface area is 156 Å². The number of benzene rings is 2. The van der Waals surface area contributed by atoms with Crippen molar-refractivity contribution in [2.24, 2.45) is 0 Å². The van der Waals surface area contributed by atoms with E-state index in [9.17, 15) is 0 Å². The third kappa shape index (κ3) is 3.46. The van der Waals surface area contributed by atoms with Gasteiger partial charge in [0.05, 0.1) is 7.11 Å². The van der Waals surface area contributed by atoms with Crippen LogP contribution in [0.2, 0.25) is 5.02 Å². The van der Waals surface area contributed by atoms with Crippen LogP contribution in [-0.4, -0.2) is 43.4 Å². The second-order valence-electron chi connectivity index (χ2n) is 6.08. The van der Waals surface area contributed by atoms with Gasteiger partial charge in [-0.3, -0.25) is 0 Å². The molecule has 4 rings (SSSR count). The van der Waals surface area contributed by atoms with Crippen molar-refractivity contribution in [1.29, 1.82) is 0 Å². The van der Waals surface area contributed by atoms with E-state index in [2.05, 4.69) is 19.9 Å². The zero-order valence-corrected chi connectivity index (χ0v) is 15.2. The van der Waals surface area contributed by atoms with Crippen LogP contribution in [0.25, 0.3) is 11.4 Å². The molecule has 0 amide bonds. The second kappa shape index (κ2) is 7.25. The summed E-state index contributed by atoms with van der Waals surface area (Å²) in [5, 5.41) is 4.86. The van der Waals surface area contributed by atoms with Crippen molar-refractivity contribution in [3.05, 3.63) is 53.6 Å². The highest BCUT2D eigenvalue weighted by Gasteiger charge is 2.22. The lowest BCUT2D eigenvalue weighted by atomic mass is 10.2. The summed E-state index contributed by atoms with van der Waals surface area (Å²) < 4.78 is 10.6. The first-order valence-electron chi connectivity index (χ1n) is 8.46. The first kappa shape index (κ1) is 16.7. The third-order valence-corrected chi connectivity index (χ3v) is 4.76. The van der Waals surface area contributed by atoms with E-state index in [0.29, 0.717) is 11.8 Å². The third-order valence-electron chi connectivity index (χ3n) is 4.51. The molecule has 0 N–H and O–H groups in total. The fraction of sp³-hybridized carbons (Fsp3) is 0.263. The van der Waals surface area contributed by atoms with Gasteiger partial charge in [-0.2, -0.15) is 4.98 Å². The lowest BCUT2D eigenvalue weighted by Crippen LogP contribution is -2.46. The first-order chi connectivity index (χ1) is 12.7. The Morgan fingerprint density at radius 3 is 2.23 bits per heavy atom. The average molecular weight is 371 g/mol. The zero-order chi connectivity index (χ0) is 17.9. The molecule has 0 atom stereocenters. The number of rotatable bonds is 4. The lowest BCUT2D eigenvalue weighted by Gasteiger charge is -2.35. The van der Waals surface area contributed by atoms with Crippen LogP contribution < -0.4 is 14.5 Å². The second-order valence-corrected chi connectivity index (χ2v) is 6.52. The van der Waals surface area contributed by atoms with Gasteiger partial charge in [0.1, 0.15) is 5.75 Å². The number of anilines is 2. The summed E-state index contributed by atoms with van der Waals surface area (Å²) in [6.45, 7) is 3.43. The molecule has 1 saturated heterocycles. The normalized spacial score (nSPS) is 14.5. The maximum absolute atomic E-state index is 5.96. The molecule has 0 bridgehead atoms. The van der Waals surface area contributed by atoms with Crippen LogP contribution in [0.1, 0.15) is 0 Å². The van der Waals surface area contributed by atoms with Gasteiger partial charge in [0, 0.05) is 42.5 Å². The van der Waals surface area contributed by atoms with Crippen LogP contribution in [0.15, 0.2) is 53.1 Å². The molecule has 7 heteroatoms. The van der Waals surface area contributed by atoms with Crippen LogP contribution in [0, 0.1) is 0 Å². The Morgan fingerprint density at radius 2 is 1.58 bits per heavy atom. The molecule has 0 radical (unpaired) electrons. The zero-order valence-electron chi connectivity index (χ0n) is 14.4. The van der Waals surface area contributed by atoms with Crippen molar-refractivity contribution in [1.82, 2.24) is 10.1 Å². The summed E-state index contributed by atoms with van der Waals surface area (Å²) in [7, 11) is 1.64. The SMILES string of the molecule is COc1ccc(-c2noc(N3CCN(c4ccc(Cl)cc4)CC3)n2)cc1. The van der Waals surface area contributed by atoms with E-state index in [1.54, 1.807) is 7.11 Å². The highest BCUT2D eigenvalue weighted by Crippen LogP contribution is 2.24. The number of aromatic nitrogens is 2. The first-order valence-corrected chi connectivity index (χ1v) is 8.84. The van der Waals surface area contributed by atoms with Crippen LogP contribution in [0.3, 0.4) is 0 Å². The molecule has 3 aromatic rings. The molecule has 1 aliphatic rings. The van der Waals surface area contributed by atoms with E-state index in [1.165, 1.54) is 5.69 Å². The Kier molecular flexibility index (Phi) is 4.67. The predicted octanol–water partition coefficient (Wildman–Crippen LogP) is 3.73. The summed E-state index contributed by atoms with van der Waals surface area (Å²) in [5.41, 5.74) is 2.08. The number of nitrogens with zero attached hydrogens (tertiary/aromatic N) is 4. The van der Waals surface area contributed by atoms with E-state index < -0.39 is 0 Å². The summed E-state index contributed by atoms with van der Waals surface area (Å²) in [6, 6.07) is 16.1. The maximum atomic E-state index is 5.96. The van der Waals surface area contributed by atoms with Gasteiger partial charge < -0.3 is 19.1 Å². The van der Waals surface area contributed by atoms with E-state index in [1.807, 2.05) is 48.5 Å². The minimum atomic E-state index is 0.562. The summed E-state index contributed by atoms with van der Waals surface area (Å²) in [5.74, 6) is 1.39. The molecule has 0 unspecified atom stereocenters. The molecule has 2 aromatic carbocycles. The van der Waals surface area contributed by atoms with Gasteiger partial charge in [-0.1, -0.05) is 16.8 Å². The molecule has 26 heavy (non-hydrogen) atoms. The molecule has 0 saturated carbocycles. The highest BCUT2D eigenvalue weighted by molar-refractivity contribution is 6.30. The summed E-state index contributed by atoms with van der Waals surface area (Å²) in [4.78, 5) is 8.98. The van der Waals surface area contributed by atoms with E-state index in [-0.39, 0.29) is 0 Å². The van der Waals surface area contributed by atoms with Gasteiger partial charge in [-0.25, -0.2) is 0 Å². The van der Waals surface area contributed by atoms with E-state index in [0.717, 1.165) is 42.5 Å². The molecule has 0 aliphatic carbocycles. The number of hydrogen-bond acceptors (Lipinski definition) is 6. The maximum Gasteiger partial charge on any atom is 0.324 e. The van der Waals surface area contributed by atoms with Gasteiger partial charge in [0.15, 0.2) is 0 Å². The Morgan fingerprint density at radius 1 is 0.923 bits per heavy atom. The minimum absolute atomic E-state index is 0.562. The van der Waals surface area contributed by atoms with Gasteiger partial charge in [-0.15, -0.1) is 0 Å². The predicted molar refractivity (Wildman–Crippen MR) is 102 cm³/mol. The fourth-order valence-electron chi connectivity index (χ4n) is 3.01. The van der Waals surface area contributed by atoms with Gasteiger partial charge >= 0.3 is 6.01 Å². The summed E-state index contributed by atoms with van der Waals surface area (Å²) in [6.07, 6.45) is 0. The molecular formula is C19H19ClN4O2. The van der Waals surface area contributed by atoms with Crippen molar-refractivity contribution in [3.8, 4) is 17.1 Å². The Hall–Kier alpha value is -2.73. The van der Waals surface area contributed by atoms with Gasteiger partial charge in [0.25, 0.3) is 0 Å². The average Bonchev–Trinajstić information content (AvgIpc) is 3.19. The monoisotopic (exact) mass is 370 g/mol. The van der Waals surface area contributed by atoms with E-state index in [4.69, 9.17) is 20.9 Å². The largest absolute Gasteiger partial charge is 0.497 e. The minimum Gasteiger partial charge on any atom is -0.497 e. The quantitative estimate of drug-likeness (QED) is 0.697. The summed E-state index contributed by atoms with van der Waals surface area (Å²) >= 11 is 5.96. The Bertz CT molecular complexity index is 856. The molecule has 1 aromatic heterocycles. The number of hydrogen-bond donors (Lipinski definition) is 0. The highest BCUT2D eigenvalue weighted by atomic mass is 35.5. The smallest absolute Gasteiger partial charge is 0.324 e. The number of ether oxygens (including phenoxy) is 1. The topological polar surface area (TPSA) is 54.6 Å². The molecule has 1 aliphatic heterocycles. The van der Waals surface area contributed by atoms with Crippen molar-refractivity contribution < 1.29 is 9.26 Å². The van der Waals surface area contributed by atoms with Gasteiger partial charge in [0.2, 0.25) is 5.82 Å². The van der Waals surface area contributed by atoms with Crippen LogP contribution in [-0.2, 0) is 0 Å². The van der Waals surface area contributed by atoms with Crippen LogP contribution >= 0.6 is 11.6 Å². The number of halogens is 1. The molecule has 6 nitrogen and oxygen atoms in total. The van der Waals surface area contributed by atoms with Crippen molar-refractivity contribution in [2.45, 2.75) is 0 Å². The van der Waals surface area contributed by atoms with E-state index >= 15 is 0 Å². The molecule has 0 spiro atoms. The molecule has 1 fully saturated rings. The Balaban J connectivity index is 1.41. The fourth-order valence-corrected chi connectivity index (χ4v) is 3.14. The standard InChI is InChI=1S/C19H19ClN4O2/c1-25-17-8-2-14(3-9-17)18-21-19(26-22-18)24-12-10-23(11-13-24)16-6-4-15(20)5-7-16/h2-9H,10-13H2,1H3. The van der Waals surface area contributed by atoms with Crippen LogP contribution in [0.4, 0.5) is 11.7 Å². The molecule has 134 valence electrons. The molecule has 2 heterocycles. The number of piperazine rings is 1. The van der Waals surface area contributed by atoms with Gasteiger partial charge in [-0.05, 0) is 48.5 Å².